The van der Waals surface area contributed by atoms with Crippen molar-refractivity contribution in [1.29, 1.82) is 0 Å². The summed E-state index contributed by atoms with van der Waals surface area (Å²) in [5.41, 5.74) is 3.15. The Morgan fingerprint density at radius 1 is 1.24 bits per heavy atom. The highest BCUT2D eigenvalue weighted by Gasteiger charge is 2.16. The average molecular weight is 344 g/mol. The molecule has 0 aliphatic heterocycles. The minimum atomic E-state index is -0.484. The zero-order chi connectivity index (χ0) is 18.4. The number of aryl methyl sites for hydroxylation is 1. The maximum Gasteiger partial charge on any atom is 0.325 e. The lowest BCUT2D eigenvalue weighted by Gasteiger charge is -2.20. The molecule has 2 aromatic rings. The molecule has 2 rings (SSSR count). The number of benzene rings is 1. The first-order chi connectivity index (χ1) is 11.8. The lowest BCUT2D eigenvalue weighted by atomic mass is 10.1. The molecule has 0 aliphatic carbocycles. The minimum absolute atomic E-state index is 0.0864. The van der Waals surface area contributed by atoms with Gasteiger partial charge in [0.25, 0.3) is 0 Å². The summed E-state index contributed by atoms with van der Waals surface area (Å²) in [5, 5.41) is 7.46. The summed E-state index contributed by atoms with van der Waals surface area (Å²) in [5.74, 6) is 0.284. The number of aliphatic imine (C=N–C) groups is 1. The highest BCUT2D eigenvalue weighted by atomic mass is 16.6. The second kappa shape index (κ2) is 8.05. The van der Waals surface area contributed by atoms with Crippen LogP contribution in [-0.4, -0.2) is 42.7 Å². The smallest absolute Gasteiger partial charge is 0.325 e. The number of aromatic nitrogens is 1. The number of nitrogens with zero attached hydrogens (tertiary/aromatic N) is 1. The Hall–Kier alpha value is -2.50. The third-order valence-corrected chi connectivity index (χ3v) is 3.74. The van der Waals surface area contributed by atoms with Crippen LogP contribution >= 0.6 is 0 Å². The van der Waals surface area contributed by atoms with Crippen molar-refractivity contribution in [3.05, 3.63) is 35.5 Å². The van der Waals surface area contributed by atoms with Gasteiger partial charge in [-0.2, -0.15) is 0 Å². The number of fused-ring (bicyclic) bond motifs is 1. The van der Waals surface area contributed by atoms with Crippen LogP contribution in [0.25, 0.3) is 10.9 Å². The molecule has 3 N–H and O–H groups in total. The summed E-state index contributed by atoms with van der Waals surface area (Å²) >= 11 is 0. The topological polar surface area (TPSA) is 78.5 Å². The molecule has 6 heteroatoms. The molecule has 6 nitrogen and oxygen atoms in total. The summed E-state index contributed by atoms with van der Waals surface area (Å²) in [4.78, 5) is 19.3. The number of ether oxygens (including phenoxy) is 1. The van der Waals surface area contributed by atoms with E-state index in [1.807, 2.05) is 32.9 Å². The van der Waals surface area contributed by atoms with E-state index in [0.29, 0.717) is 5.96 Å². The van der Waals surface area contributed by atoms with Crippen LogP contribution < -0.4 is 10.6 Å². The largest absolute Gasteiger partial charge is 0.459 e. The number of esters is 1. The van der Waals surface area contributed by atoms with Crippen molar-refractivity contribution in [2.45, 2.75) is 39.7 Å². The van der Waals surface area contributed by atoms with Crippen LogP contribution in [0, 0.1) is 6.92 Å². The van der Waals surface area contributed by atoms with Crippen LogP contribution in [0.4, 0.5) is 0 Å². The Labute approximate surface area is 149 Å². The van der Waals surface area contributed by atoms with Crippen LogP contribution in [0.15, 0.2) is 29.3 Å². The van der Waals surface area contributed by atoms with Crippen LogP contribution in [0.1, 0.15) is 32.0 Å². The number of carbonyl (C=O) groups is 1. The van der Waals surface area contributed by atoms with Gasteiger partial charge in [-0.05, 0) is 45.7 Å². The molecule has 1 heterocycles. The third kappa shape index (κ3) is 5.52. The number of para-hydroxylation sites is 1. The summed E-state index contributed by atoms with van der Waals surface area (Å²) < 4.78 is 5.27. The van der Waals surface area contributed by atoms with Crippen molar-refractivity contribution < 1.29 is 9.53 Å². The molecule has 0 atom stereocenters. The second-order valence-corrected chi connectivity index (χ2v) is 6.96. The van der Waals surface area contributed by atoms with Crippen molar-refractivity contribution in [3.8, 4) is 0 Å². The van der Waals surface area contributed by atoms with Crippen molar-refractivity contribution in [1.82, 2.24) is 15.6 Å². The van der Waals surface area contributed by atoms with E-state index in [-0.39, 0.29) is 12.5 Å². The van der Waals surface area contributed by atoms with E-state index in [9.17, 15) is 4.79 Å². The number of aromatic amines is 1. The van der Waals surface area contributed by atoms with Crippen molar-refractivity contribution in [2.75, 3.05) is 20.1 Å². The van der Waals surface area contributed by atoms with Gasteiger partial charge in [-0.25, -0.2) is 0 Å². The molecule has 0 amide bonds. The van der Waals surface area contributed by atoms with Crippen LogP contribution in [0.3, 0.4) is 0 Å². The predicted octanol–water partition coefficient (Wildman–Crippen LogP) is 2.53. The van der Waals surface area contributed by atoms with Crippen LogP contribution in [0.5, 0.6) is 0 Å². The second-order valence-electron chi connectivity index (χ2n) is 6.96. The van der Waals surface area contributed by atoms with E-state index >= 15 is 0 Å². The molecular weight excluding hydrogens is 316 g/mol. The molecule has 0 unspecified atom stereocenters. The zero-order valence-electron chi connectivity index (χ0n) is 15.7. The van der Waals surface area contributed by atoms with E-state index in [2.05, 4.69) is 39.7 Å². The first kappa shape index (κ1) is 18.8. The van der Waals surface area contributed by atoms with Crippen LogP contribution in [-0.2, 0) is 16.0 Å². The molecule has 0 aliphatic rings. The van der Waals surface area contributed by atoms with Gasteiger partial charge in [0.1, 0.15) is 12.1 Å². The van der Waals surface area contributed by atoms with Gasteiger partial charge in [0.15, 0.2) is 5.96 Å². The highest BCUT2D eigenvalue weighted by Crippen LogP contribution is 2.21. The van der Waals surface area contributed by atoms with E-state index in [1.165, 1.54) is 16.6 Å². The average Bonchev–Trinajstić information content (AvgIpc) is 2.84. The molecule has 0 saturated heterocycles. The monoisotopic (exact) mass is 344 g/mol. The maximum atomic E-state index is 11.8. The van der Waals surface area contributed by atoms with Crippen molar-refractivity contribution >= 4 is 22.8 Å². The van der Waals surface area contributed by atoms with Gasteiger partial charge in [0.05, 0.1) is 0 Å². The number of carbonyl (C=O) groups excluding carboxylic acids is 1. The molecule has 0 saturated carbocycles. The minimum Gasteiger partial charge on any atom is -0.459 e. The van der Waals surface area contributed by atoms with Gasteiger partial charge in [0, 0.05) is 30.2 Å². The number of guanidine groups is 1. The molecule has 0 radical (unpaired) electrons. The molecule has 0 bridgehead atoms. The normalized spacial score (nSPS) is 12.3. The number of nitrogens with one attached hydrogen (secondary N) is 3. The van der Waals surface area contributed by atoms with Gasteiger partial charge in [-0.15, -0.1) is 0 Å². The standard InChI is InChI=1S/C19H28N4O2/c1-13-14(15-8-6-7-9-16(15)23-13)10-11-21-18(20-5)22-12-17(24)25-19(2,3)4/h6-9,23H,10-12H2,1-5H3,(H2,20,21,22). The Morgan fingerprint density at radius 3 is 2.64 bits per heavy atom. The van der Waals surface area contributed by atoms with E-state index in [4.69, 9.17) is 4.74 Å². The molecule has 25 heavy (non-hydrogen) atoms. The Balaban J connectivity index is 1.85. The highest BCUT2D eigenvalue weighted by molar-refractivity contribution is 5.85. The first-order valence-electron chi connectivity index (χ1n) is 8.52. The van der Waals surface area contributed by atoms with Gasteiger partial charge >= 0.3 is 5.97 Å². The van der Waals surface area contributed by atoms with Crippen LogP contribution in [0.2, 0.25) is 0 Å². The van der Waals surface area contributed by atoms with Gasteiger partial charge in [-0.3, -0.25) is 9.79 Å². The van der Waals surface area contributed by atoms with Crippen molar-refractivity contribution in [2.24, 2.45) is 4.99 Å². The van der Waals surface area contributed by atoms with Gasteiger partial charge < -0.3 is 20.4 Å². The van der Waals surface area contributed by atoms with Gasteiger partial charge in [0.2, 0.25) is 0 Å². The van der Waals surface area contributed by atoms with E-state index in [0.717, 1.165) is 18.5 Å². The number of hydrogen-bond donors (Lipinski definition) is 3. The maximum absolute atomic E-state index is 11.8. The lowest BCUT2D eigenvalue weighted by Crippen LogP contribution is -2.42. The number of rotatable bonds is 5. The number of hydrogen-bond acceptors (Lipinski definition) is 3. The van der Waals surface area contributed by atoms with Crippen molar-refractivity contribution in [3.63, 3.8) is 0 Å². The summed E-state index contributed by atoms with van der Waals surface area (Å²) in [6.07, 6.45) is 0.864. The predicted molar refractivity (Wildman–Crippen MR) is 102 cm³/mol. The Bertz CT molecular complexity index is 756. The van der Waals surface area contributed by atoms with E-state index < -0.39 is 5.60 Å². The summed E-state index contributed by atoms with van der Waals surface area (Å²) in [7, 11) is 1.68. The fourth-order valence-corrected chi connectivity index (χ4v) is 2.72. The molecule has 136 valence electrons. The summed E-state index contributed by atoms with van der Waals surface area (Å²) in [6, 6.07) is 8.29. The fourth-order valence-electron chi connectivity index (χ4n) is 2.72. The Morgan fingerprint density at radius 2 is 1.96 bits per heavy atom. The first-order valence-corrected chi connectivity index (χ1v) is 8.52. The Kier molecular flexibility index (Phi) is 6.07. The lowest BCUT2D eigenvalue weighted by molar-refractivity contribution is -0.153. The SMILES string of the molecule is CN=C(NCCc1c(C)[nH]c2ccccc12)NCC(=O)OC(C)(C)C. The molecule has 1 aromatic carbocycles. The molecule has 1 aromatic heterocycles. The molecular formula is C19H28N4O2. The molecule has 0 spiro atoms. The fraction of sp³-hybridized carbons (Fsp3) is 0.474. The summed E-state index contributed by atoms with van der Waals surface area (Å²) in [6.45, 7) is 8.44. The molecule has 0 fully saturated rings. The van der Waals surface area contributed by atoms with Gasteiger partial charge in [-0.1, -0.05) is 18.2 Å². The third-order valence-electron chi connectivity index (χ3n) is 3.74. The zero-order valence-corrected chi connectivity index (χ0v) is 15.7. The quantitative estimate of drug-likeness (QED) is 0.442. The number of H-pyrrole nitrogens is 1. The van der Waals surface area contributed by atoms with E-state index in [1.54, 1.807) is 7.05 Å².